The number of nitrogens with zero attached hydrogens (tertiary/aromatic N) is 1. The van der Waals surface area contributed by atoms with Gasteiger partial charge in [0.1, 0.15) is 5.82 Å². The van der Waals surface area contributed by atoms with E-state index >= 15 is 0 Å². The number of hydrogen-bond acceptors (Lipinski definition) is 2. The number of hydrogen-bond donors (Lipinski definition) is 0. The lowest BCUT2D eigenvalue weighted by molar-refractivity contribution is -0.273. The van der Waals surface area contributed by atoms with Crippen LogP contribution in [0.4, 0.5) is 13.2 Å². The van der Waals surface area contributed by atoms with Gasteiger partial charge in [0.05, 0.1) is 23.3 Å². The Kier molecular flexibility index (Phi) is 7.20. The number of benzene rings is 2. The van der Waals surface area contributed by atoms with Crippen molar-refractivity contribution in [3.05, 3.63) is 70.5 Å². The van der Waals surface area contributed by atoms with Gasteiger partial charge in [-0.1, -0.05) is 38.0 Å². The van der Waals surface area contributed by atoms with Gasteiger partial charge in [-0.3, -0.25) is 0 Å². The summed E-state index contributed by atoms with van der Waals surface area (Å²) in [6.07, 6.45) is 1.87. The molecule has 1 saturated carbocycles. The molecule has 160 valence electrons. The molecular weight excluding hydrogens is 387 g/mol. The van der Waals surface area contributed by atoms with Crippen LogP contribution < -0.4 is 0 Å². The molecule has 0 heterocycles. The van der Waals surface area contributed by atoms with Crippen molar-refractivity contribution in [1.82, 2.24) is 0 Å². The zero-order valence-corrected chi connectivity index (χ0v) is 17.5. The smallest absolute Gasteiger partial charge is 0.309 e. The van der Waals surface area contributed by atoms with E-state index in [1.165, 1.54) is 38.0 Å². The Morgan fingerprint density at radius 3 is 2.33 bits per heavy atom. The molecule has 1 aliphatic rings. The third-order valence-corrected chi connectivity index (χ3v) is 6.16. The van der Waals surface area contributed by atoms with Crippen molar-refractivity contribution >= 4 is 0 Å². The minimum atomic E-state index is -3.76. The molecule has 0 N–H and O–H groups in total. The lowest BCUT2D eigenvalue weighted by atomic mass is 9.77. The van der Waals surface area contributed by atoms with Crippen LogP contribution in [0.1, 0.15) is 86.6 Å². The fourth-order valence-electron chi connectivity index (χ4n) is 4.40. The van der Waals surface area contributed by atoms with Gasteiger partial charge in [-0.15, -0.1) is 0 Å². The molecule has 1 unspecified atom stereocenters. The largest absolute Gasteiger partial charge is 0.386 e. The van der Waals surface area contributed by atoms with Crippen LogP contribution >= 0.6 is 0 Å². The van der Waals surface area contributed by atoms with Crippen LogP contribution in [0.3, 0.4) is 0 Å². The first-order valence-corrected chi connectivity index (χ1v) is 10.7. The fraction of sp³-hybridized carbons (Fsp3) is 0.480. The minimum Gasteiger partial charge on any atom is -0.309 e. The molecule has 1 atom stereocenters. The van der Waals surface area contributed by atoms with E-state index < -0.39 is 23.6 Å². The monoisotopic (exact) mass is 415 g/mol. The molecule has 30 heavy (non-hydrogen) atoms. The normalized spacial score (nSPS) is 20.5. The lowest BCUT2D eigenvalue weighted by Gasteiger charge is -2.29. The fourth-order valence-corrected chi connectivity index (χ4v) is 4.40. The predicted molar refractivity (Wildman–Crippen MR) is 111 cm³/mol. The van der Waals surface area contributed by atoms with Gasteiger partial charge in [0, 0.05) is 0 Å². The number of rotatable bonds is 7. The summed E-state index contributed by atoms with van der Waals surface area (Å²) in [4.78, 5) is 0. The Labute approximate surface area is 176 Å². The average Bonchev–Trinajstić information content (AvgIpc) is 2.74. The third kappa shape index (κ3) is 5.23. The van der Waals surface area contributed by atoms with Crippen LogP contribution in [0.15, 0.2) is 42.5 Å². The van der Waals surface area contributed by atoms with Gasteiger partial charge in [0.2, 0.25) is 0 Å². The maximum absolute atomic E-state index is 14.7. The summed E-state index contributed by atoms with van der Waals surface area (Å²) in [5.41, 5.74) is 0.978. The van der Waals surface area contributed by atoms with Crippen LogP contribution in [0, 0.1) is 23.1 Å². The second-order valence-corrected chi connectivity index (χ2v) is 8.26. The summed E-state index contributed by atoms with van der Waals surface area (Å²) in [6.45, 7) is 3.67. The lowest BCUT2D eigenvalue weighted by Crippen LogP contribution is -2.22. The standard InChI is InChI=1S/C25H28F3NO/c1-3-4-18-5-11-21(12-6-18)22-13-14-23(24(26)15-22)25(27,28)30-17(2)20-9-7-19(16-29)8-10-20/h7-10,13-15,17-18,21H,3-6,11-12H2,1-2H3. The van der Waals surface area contributed by atoms with Gasteiger partial charge < -0.3 is 4.74 Å². The van der Waals surface area contributed by atoms with E-state index in [2.05, 4.69) is 6.92 Å². The molecule has 0 saturated heterocycles. The van der Waals surface area contributed by atoms with Gasteiger partial charge >= 0.3 is 6.11 Å². The Morgan fingerprint density at radius 2 is 1.77 bits per heavy atom. The molecule has 2 aromatic rings. The summed E-state index contributed by atoms with van der Waals surface area (Å²) in [5.74, 6) is 0.0331. The van der Waals surface area contributed by atoms with Crippen molar-refractivity contribution in [2.24, 2.45) is 5.92 Å². The second-order valence-electron chi connectivity index (χ2n) is 8.26. The molecule has 1 fully saturated rings. The van der Waals surface area contributed by atoms with E-state index in [-0.39, 0.29) is 5.92 Å². The molecule has 2 nitrogen and oxygen atoms in total. The number of ether oxygens (including phenoxy) is 1. The summed E-state index contributed by atoms with van der Waals surface area (Å²) in [7, 11) is 0. The van der Waals surface area contributed by atoms with E-state index in [1.807, 2.05) is 6.07 Å². The molecule has 0 spiro atoms. The van der Waals surface area contributed by atoms with Crippen LogP contribution in [-0.2, 0) is 10.8 Å². The molecule has 0 aromatic heterocycles. The highest BCUT2D eigenvalue weighted by Crippen LogP contribution is 2.40. The third-order valence-electron chi connectivity index (χ3n) is 6.16. The molecule has 5 heteroatoms. The first-order chi connectivity index (χ1) is 14.3. The van der Waals surface area contributed by atoms with Gasteiger partial charge in [-0.25, -0.2) is 4.39 Å². The van der Waals surface area contributed by atoms with Crippen LogP contribution in [0.5, 0.6) is 0 Å². The van der Waals surface area contributed by atoms with Crippen LogP contribution in [0.25, 0.3) is 0 Å². The van der Waals surface area contributed by atoms with Gasteiger partial charge in [0.15, 0.2) is 0 Å². The van der Waals surface area contributed by atoms with Gasteiger partial charge in [-0.05, 0) is 79.8 Å². The molecule has 0 radical (unpaired) electrons. The Balaban J connectivity index is 1.69. The van der Waals surface area contributed by atoms with E-state index in [0.29, 0.717) is 11.1 Å². The van der Waals surface area contributed by atoms with Gasteiger partial charge in [0.25, 0.3) is 0 Å². The maximum atomic E-state index is 14.7. The predicted octanol–water partition coefficient (Wildman–Crippen LogP) is 7.60. The number of alkyl halides is 2. The number of halogens is 3. The molecule has 2 aromatic carbocycles. The molecule has 0 aliphatic heterocycles. The zero-order chi connectivity index (χ0) is 21.7. The summed E-state index contributed by atoms with van der Waals surface area (Å²) >= 11 is 0. The highest BCUT2D eigenvalue weighted by atomic mass is 19.3. The van der Waals surface area contributed by atoms with Crippen molar-refractivity contribution in [1.29, 1.82) is 5.26 Å². The molecule has 3 rings (SSSR count). The van der Waals surface area contributed by atoms with E-state index in [9.17, 15) is 13.2 Å². The van der Waals surface area contributed by atoms with E-state index in [4.69, 9.17) is 10.00 Å². The van der Waals surface area contributed by atoms with Crippen molar-refractivity contribution in [3.63, 3.8) is 0 Å². The highest BCUT2D eigenvalue weighted by molar-refractivity contribution is 5.33. The zero-order valence-electron chi connectivity index (χ0n) is 17.5. The minimum absolute atomic E-state index is 0.230. The van der Waals surface area contributed by atoms with E-state index in [1.54, 1.807) is 18.2 Å². The van der Waals surface area contributed by atoms with Crippen molar-refractivity contribution in [2.45, 2.75) is 70.5 Å². The molecule has 0 bridgehead atoms. The van der Waals surface area contributed by atoms with Gasteiger partial charge in [-0.2, -0.15) is 14.0 Å². The second kappa shape index (κ2) is 9.66. The van der Waals surface area contributed by atoms with Crippen LogP contribution in [0.2, 0.25) is 0 Å². The first-order valence-electron chi connectivity index (χ1n) is 10.7. The molecule has 1 aliphatic carbocycles. The summed E-state index contributed by atoms with van der Waals surface area (Å²) in [6, 6.07) is 12.2. The average molecular weight is 415 g/mol. The molecule has 0 amide bonds. The maximum Gasteiger partial charge on any atom is 0.386 e. The van der Waals surface area contributed by atoms with Crippen LogP contribution in [-0.4, -0.2) is 0 Å². The summed E-state index contributed by atoms with van der Waals surface area (Å²) < 4.78 is 49.0. The Morgan fingerprint density at radius 1 is 1.10 bits per heavy atom. The van der Waals surface area contributed by atoms with Crippen molar-refractivity contribution in [3.8, 4) is 6.07 Å². The quantitative estimate of drug-likeness (QED) is 0.466. The molecular formula is C25H28F3NO. The highest BCUT2D eigenvalue weighted by Gasteiger charge is 2.38. The Bertz CT molecular complexity index is 880. The SMILES string of the molecule is CCCC1CCC(c2ccc(C(F)(F)OC(C)c3ccc(C#N)cc3)c(F)c2)CC1. The number of nitriles is 1. The summed E-state index contributed by atoms with van der Waals surface area (Å²) in [5, 5.41) is 8.84. The topological polar surface area (TPSA) is 33.0 Å². The Hall–Kier alpha value is -2.32. The van der Waals surface area contributed by atoms with Crippen molar-refractivity contribution < 1.29 is 17.9 Å². The first kappa shape index (κ1) is 22.4. The van der Waals surface area contributed by atoms with Crippen molar-refractivity contribution in [2.75, 3.05) is 0 Å². The van der Waals surface area contributed by atoms with E-state index in [0.717, 1.165) is 43.2 Å².